The van der Waals surface area contributed by atoms with Gasteiger partial charge in [-0.25, -0.2) is 16.8 Å². The molecule has 2 aliphatic rings. The molecule has 0 saturated carbocycles. The van der Waals surface area contributed by atoms with E-state index in [1.165, 1.54) is 21.8 Å². The van der Waals surface area contributed by atoms with Crippen molar-refractivity contribution in [3.8, 4) is 5.75 Å². The van der Waals surface area contributed by atoms with Gasteiger partial charge in [0.2, 0.25) is 26.0 Å². The van der Waals surface area contributed by atoms with Gasteiger partial charge in [0, 0.05) is 32.7 Å². The number of benzene rings is 2. The maximum absolute atomic E-state index is 13.2. The van der Waals surface area contributed by atoms with Crippen LogP contribution in [0.3, 0.4) is 0 Å². The molecule has 2 aliphatic heterocycles. The van der Waals surface area contributed by atoms with Crippen LogP contribution in [-0.4, -0.2) is 64.6 Å². The molecule has 2 fully saturated rings. The van der Waals surface area contributed by atoms with Crippen molar-refractivity contribution in [2.45, 2.75) is 48.9 Å². The van der Waals surface area contributed by atoms with Crippen LogP contribution in [0.15, 0.2) is 52.3 Å². The monoisotopic (exact) mass is 535 g/mol. The van der Waals surface area contributed by atoms with Gasteiger partial charge in [0.15, 0.2) is 0 Å². The van der Waals surface area contributed by atoms with Crippen LogP contribution >= 0.6 is 0 Å². The number of ether oxygens (including phenoxy) is 1. The fourth-order valence-corrected chi connectivity index (χ4v) is 7.85. The van der Waals surface area contributed by atoms with E-state index in [1.807, 2.05) is 0 Å². The molecule has 1 N–H and O–H groups in total. The molecule has 36 heavy (non-hydrogen) atoms. The summed E-state index contributed by atoms with van der Waals surface area (Å²) in [6.07, 6.45) is 2.95. The first-order valence-corrected chi connectivity index (χ1v) is 15.0. The molecule has 0 unspecified atom stereocenters. The van der Waals surface area contributed by atoms with Crippen LogP contribution in [0, 0.1) is 12.8 Å². The number of nitrogens with one attached hydrogen (secondary N) is 1. The standard InChI is InChI=1S/C25H33N3O6S2/c1-19-16-23(11-12-24(19)34-2)36(32,33)28-15-5-6-21(18-28)25(29)26-17-20-7-9-22(10-8-20)35(30,31)27-13-3-4-14-27/h7-12,16,21H,3-6,13-15,17-18H2,1-2H3,(H,26,29)/t21-/m0/s1. The number of piperidine rings is 1. The highest BCUT2D eigenvalue weighted by Crippen LogP contribution is 2.27. The molecule has 1 atom stereocenters. The molecule has 0 aliphatic carbocycles. The fourth-order valence-electron chi connectivity index (χ4n) is 4.73. The van der Waals surface area contributed by atoms with Crippen molar-refractivity contribution in [2.75, 3.05) is 33.3 Å². The number of carbonyl (C=O) groups excluding carboxylic acids is 1. The molecule has 2 aromatic rings. The van der Waals surface area contributed by atoms with Gasteiger partial charge in [-0.3, -0.25) is 4.79 Å². The zero-order valence-corrected chi connectivity index (χ0v) is 22.3. The summed E-state index contributed by atoms with van der Waals surface area (Å²) < 4.78 is 59.8. The first-order chi connectivity index (χ1) is 17.1. The van der Waals surface area contributed by atoms with E-state index in [4.69, 9.17) is 4.74 Å². The topological polar surface area (TPSA) is 113 Å². The predicted octanol–water partition coefficient (Wildman–Crippen LogP) is 2.51. The lowest BCUT2D eigenvalue weighted by molar-refractivity contribution is -0.126. The van der Waals surface area contributed by atoms with Gasteiger partial charge < -0.3 is 10.1 Å². The molecule has 4 rings (SSSR count). The van der Waals surface area contributed by atoms with Crippen molar-refractivity contribution in [1.29, 1.82) is 0 Å². The Morgan fingerprint density at radius 3 is 2.17 bits per heavy atom. The maximum Gasteiger partial charge on any atom is 0.243 e. The third kappa shape index (κ3) is 5.59. The van der Waals surface area contributed by atoms with Crippen molar-refractivity contribution in [1.82, 2.24) is 13.9 Å². The largest absolute Gasteiger partial charge is 0.496 e. The molecule has 2 aromatic carbocycles. The molecule has 11 heteroatoms. The summed E-state index contributed by atoms with van der Waals surface area (Å²) >= 11 is 0. The van der Waals surface area contributed by atoms with Gasteiger partial charge in [-0.1, -0.05) is 12.1 Å². The minimum absolute atomic E-state index is 0.117. The molecule has 0 radical (unpaired) electrons. The summed E-state index contributed by atoms with van der Waals surface area (Å²) in [6.45, 7) is 3.61. The number of amides is 1. The third-order valence-corrected chi connectivity index (χ3v) is 10.6. The summed E-state index contributed by atoms with van der Waals surface area (Å²) in [5.74, 6) is -0.0520. The van der Waals surface area contributed by atoms with Crippen LogP contribution in [0.2, 0.25) is 0 Å². The molecule has 196 valence electrons. The maximum atomic E-state index is 13.2. The SMILES string of the molecule is COc1ccc(S(=O)(=O)N2CCC[C@H](C(=O)NCc3ccc(S(=O)(=O)N4CCCC4)cc3)C2)cc1C. The van der Waals surface area contributed by atoms with Crippen molar-refractivity contribution in [3.63, 3.8) is 0 Å². The molecule has 0 spiro atoms. The number of hydrogen-bond donors (Lipinski definition) is 1. The minimum Gasteiger partial charge on any atom is -0.496 e. The first kappa shape index (κ1) is 26.6. The number of nitrogens with zero attached hydrogens (tertiary/aromatic N) is 2. The Labute approximate surface area is 213 Å². The van der Waals surface area contributed by atoms with E-state index in [-0.39, 0.29) is 28.8 Å². The Hall–Kier alpha value is -2.47. The molecule has 2 saturated heterocycles. The quantitative estimate of drug-likeness (QED) is 0.556. The van der Waals surface area contributed by atoms with E-state index in [0.717, 1.165) is 24.0 Å². The van der Waals surface area contributed by atoms with Crippen LogP contribution in [0.1, 0.15) is 36.8 Å². The molecular formula is C25H33N3O6S2. The molecule has 0 bridgehead atoms. The second-order valence-corrected chi connectivity index (χ2v) is 13.2. The minimum atomic E-state index is -3.73. The molecule has 1 amide bonds. The second kappa shape index (κ2) is 10.9. The van der Waals surface area contributed by atoms with Crippen LogP contribution in [0.25, 0.3) is 0 Å². The van der Waals surface area contributed by atoms with Gasteiger partial charge in [-0.05, 0) is 74.1 Å². The first-order valence-electron chi connectivity index (χ1n) is 12.1. The number of methoxy groups -OCH3 is 1. The van der Waals surface area contributed by atoms with Crippen LogP contribution in [0.5, 0.6) is 5.75 Å². The Morgan fingerprint density at radius 1 is 0.917 bits per heavy atom. The van der Waals surface area contributed by atoms with Crippen LogP contribution in [-0.2, 0) is 31.4 Å². The summed E-state index contributed by atoms with van der Waals surface area (Å²) in [7, 11) is -5.67. The Bertz CT molecular complexity index is 1300. The van der Waals surface area contributed by atoms with Crippen LogP contribution in [0.4, 0.5) is 0 Å². The highest BCUT2D eigenvalue weighted by Gasteiger charge is 2.33. The lowest BCUT2D eigenvalue weighted by atomic mass is 9.99. The number of carbonyl (C=O) groups is 1. The molecule has 2 heterocycles. The molecule has 9 nitrogen and oxygen atoms in total. The highest BCUT2D eigenvalue weighted by atomic mass is 32.2. The van der Waals surface area contributed by atoms with E-state index < -0.39 is 26.0 Å². The Kier molecular flexibility index (Phi) is 8.03. The average Bonchev–Trinajstić information content (AvgIpc) is 3.44. The van der Waals surface area contributed by atoms with E-state index in [0.29, 0.717) is 38.2 Å². The molecular weight excluding hydrogens is 502 g/mol. The predicted molar refractivity (Wildman–Crippen MR) is 135 cm³/mol. The number of hydrogen-bond acceptors (Lipinski definition) is 6. The van der Waals surface area contributed by atoms with Crippen molar-refractivity contribution in [2.24, 2.45) is 5.92 Å². The van der Waals surface area contributed by atoms with Gasteiger partial charge in [-0.2, -0.15) is 8.61 Å². The van der Waals surface area contributed by atoms with Gasteiger partial charge in [-0.15, -0.1) is 0 Å². The number of sulfonamides is 2. The normalized spacial score (nSPS) is 19.8. The smallest absolute Gasteiger partial charge is 0.243 e. The summed E-state index contributed by atoms with van der Waals surface area (Å²) in [5, 5.41) is 2.88. The Morgan fingerprint density at radius 2 is 1.53 bits per heavy atom. The summed E-state index contributed by atoms with van der Waals surface area (Å²) in [6, 6.07) is 11.3. The summed E-state index contributed by atoms with van der Waals surface area (Å²) in [4.78, 5) is 13.3. The summed E-state index contributed by atoms with van der Waals surface area (Å²) in [5.41, 5.74) is 1.50. The Balaban J connectivity index is 1.36. The third-order valence-electron chi connectivity index (χ3n) is 6.85. The van der Waals surface area contributed by atoms with E-state index in [2.05, 4.69) is 5.32 Å². The zero-order chi connectivity index (χ0) is 25.9. The number of aryl methyl sites for hydroxylation is 1. The van der Waals surface area contributed by atoms with Gasteiger partial charge in [0.05, 0.1) is 22.8 Å². The van der Waals surface area contributed by atoms with Gasteiger partial charge in [0.25, 0.3) is 0 Å². The van der Waals surface area contributed by atoms with E-state index in [1.54, 1.807) is 43.3 Å². The van der Waals surface area contributed by atoms with Gasteiger partial charge >= 0.3 is 0 Å². The van der Waals surface area contributed by atoms with Gasteiger partial charge in [0.1, 0.15) is 5.75 Å². The van der Waals surface area contributed by atoms with Crippen LogP contribution < -0.4 is 10.1 Å². The number of rotatable bonds is 8. The fraction of sp³-hybridized carbons (Fsp3) is 0.480. The van der Waals surface area contributed by atoms with Crippen molar-refractivity contribution in [3.05, 3.63) is 53.6 Å². The highest BCUT2D eigenvalue weighted by molar-refractivity contribution is 7.89. The van der Waals surface area contributed by atoms with Crippen molar-refractivity contribution < 1.29 is 26.4 Å². The van der Waals surface area contributed by atoms with E-state index in [9.17, 15) is 21.6 Å². The lowest BCUT2D eigenvalue weighted by Gasteiger charge is -2.31. The van der Waals surface area contributed by atoms with Crippen molar-refractivity contribution >= 4 is 26.0 Å². The lowest BCUT2D eigenvalue weighted by Crippen LogP contribution is -2.45. The zero-order valence-electron chi connectivity index (χ0n) is 20.6. The van der Waals surface area contributed by atoms with E-state index >= 15 is 0 Å². The second-order valence-electron chi connectivity index (χ2n) is 9.31. The molecule has 0 aromatic heterocycles. The average molecular weight is 536 g/mol.